The van der Waals surface area contributed by atoms with Crippen molar-refractivity contribution < 1.29 is 13.2 Å². The molecule has 2 nitrogen and oxygen atoms in total. The summed E-state index contributed by atoms with van der Waals surface area (Å²) in [6.45, 7) is 0. The standard InChI is InChI=1S/C9H6Cl3F3N2/c10-3-6(16)17-8-4(9(13,14)15)1-2-5(11)7(8)12/h1-2H,3H2,(H2,16,17). The van der Waals surface area contributed by atoms with Crippen LogP contribution in [-0.4, -0.2) is 11.7 Å². The molecule has 0 saturated heterocycles. The zero-order valence-corrected chi connectivity index (χ0v) is 10.4. The fourth-order valence-electron chi connectivity index (χ4n) is 1.05. The van der Waals surface area contributed by atoms with Crippen LogP contribution in [0.15, 0.2) is 17.1 Å². The Morgan fingerprint density at radius 1 is 1.29 bits per heavy atom. The van der Waals surface area contributed by atoms with E-state index in [0.29, 0.717) is 0 Å². The van der Waals surface area contributed by atoms with E-state index in [1.165, 1.54) is 0 Å². The van der Waals surface area contributed by atoms with E-state index in [1.807, 2.05) is 0 Å². The average molecular weight is 306 g/mol. The van der Waals surface area contributed by atoms with Crippen LogP contribution < -0.4 is 5.73 Å². The smallest absolute Gasteiger partial charge is 0.386 e. The van der Waals surface area contributed by atoms with E-state index in [2.05, 4.69) is 4.99 Å². The average Bonchev–Trinajstić information content (AvgIpc) is 2.22. The van der Waals surface area contributed by atoms with Crippen molar-refractivity contribution in [1.82, 2.24) is 0 Å². The van der Waals surface area contributed by atoms with Crippen molar-refractivity contribution in [3.05, 3.63) is 27.7 Å². The summed E-state index contributed by atoms with van der Waals surface area (Å²) in [6.07, 6.45) is -4.60. The van der Waals surface area contributed by atoms with Gasteiger partial charge in [0.2, 0.25) is 0 Å². The number of halogens is 6. The molecule has 2 N–H and O–H groups in total. The molecular weight excluding hydrogens is 299 g/mol. The molecule has 0 unspecified atom stereocenters. The molecule has 17 heavy (non-hydrogen) atoms. The Morgan fingerprint density at radius 3 is 2.35 bits per heavy atom. The van der Waals surface area contributed by atoms with E-state index in [4.69, 9.17) is 40.5 Å². The molecule has 0 fully saturated rings. The molecule has 1 rings (SSSR count). The SMILES string of the molecule is NC(CCl)=Nc1c(C(F)(F)F)ccc(Cl)c1Cl. The number of hydrogen-bond acceptors (Lipinski definition) is 1. The minimum Gasteiger partial charge on any atom is -0.386 e. The van der Waals surface area contributed by atoms with Crippen LogP contribution in [-0.2, 0) is 6.18 Å². The molecule has 0 saturated carbocycles. The molecule has 0 bridgehead atoms. The Labute approximate surface area is 110 Å². The van der Waals surface area contributed by atoms with Crippen molar-refractivity contribution in [2.45, 2.75) is 6.18 Å². The van der Waals surface area contributed by atoms with Crippen LogP contribution in [0.5, 0.6) is 0 Å². The first-order valence-corrected chi connectivity index (χ1v) is 5.50. The molecule has 1 aromatic carbocycles. The third-order valence-electron chi connectivity index (χ3n) is 1.77. The van der Waals surface area contributed by atoms with Gasteiger partial charge in [0.25, 0.3) is 0 Å². The Hall–Kier alpha value is -0.650. The van der Waals surface area contributed by atoms with Gasteiger partial charge in [0.15, 0.2) is 0 Å². The summed E-state index contributed by atoms with van der Waals surface area (Å²) in [4.78, 5) is 3.53. The molecule has 0 radical (unpaired) electrons. The maximum Gasteiger partial charge on any atom is 0.418 e. The van der Waals surface area contributed by atoms with Crippen LogP contribution in [0.3, 0.4) is 0 Å². The van der Waals surface area contributed by atoms with Gasteiger partial charge in [-0.25, -0.2) is 4.99 Å². The minimum absolute atomic E-state index is 0.0409. The molecule has 94 valence electrons. The van der Waals surface area contributed by atoms with Crippen LogP contribution in [0.2, 0.25) is 10.0 Å². The lowest BCUT2D eigenvalue weighted by Crippen LogP contribution is -2.13. The van der Waals surface area contributed by atoms with E-state index in [0.717, 1.165) is 12.1 Å². The summed E-state index contributed by atoms with van der Waals surface area (Å²) in [5, 5.41) is -0.352. The maximum absolute atomic E-state index is 12.7. The highest BCUT2D eigenvalue weighted by Gasteiger charge is 2.35. The quantitative estimate of drug-likeness (QED) is 0.495. The first kappa shape index (κ1) is 14.4. The number of nitrogens with two attached hydrogens (primary N) is 1. The van der Waals surface area contributed by atoms with Crippen molar-refractivity contribution >= 4 is 46.3 Å². The third kappa shape index (κ3) is 3.40. The topological polar surface area (TPSA) is 38.4 Å². The molecule has 0 atom stereocenters. The normalized spacial score (nSPS) is 12.9. The molecule has 0 aromatic heterocycles. The maximum atomic E-state index is 12.7. The number of benzene rings is 1. The number of rotatable bonds is 2. The fourth-order valence-corrected chi connectivity index (χ4v) is 1.47. The zero-order chi connectivity index (χ0) is 13.2. The summed E-state index contributed by atoms with van der Waals surface area (Å²) in [5.74, 6) is -0.388. The molecule has 0 heterocycles. The Bertz CT molecular complexity index is 458. The van der Waals surface area contributed by atoms with Crippen LogP contribution in [0.1, 0.15) is 5.56 Å². The second-order valence-electron chi connectivity index (χ2n) is 2.99. The highest BCUT2D eigenvalue weighted by atomic mass is 35.5. The number of hydrogen-bond donors (Lipinski definition) is 1. The highest BCUT2D eigenvalue weighted by molar-refractivity contribution is 6.43. The first-order chi connectivity index (χ1) is 7.77. The summed E-state index contributed by atoms with van der Waals surface area (Å²) >= 11 is 16.6. The van der Waals surface area contributed by atoms with Gasteiger partial charge < -0.3 is 5.73 Å². The minimum atomic E-state index is -4.60. The first-order valence-electron chi connectivity index (χ1n) is 4.21. The molecular formula is C9H6Cl3F3N2. The van der Waals surface area contributed by atoms with Crippen LogP contribution >= 0.6 is 34.8 Å². The Balaban J connectivity index is 3.48. The van der Waals surface area contributed by atoms with Gasteiger partial charge in [0.1, 0.15) is 5.84 Å². The Morgan fingerprint density at radius 2 is 1.88 bits per heavy atom. The molecule has 0 aliphatic heterocycles. The number of aliphatic imine (C=N–C) groups is 1. The largest absolute Gasteiger partial charge is 0.418 e. The second kappa shape index (κ2) is 5.33. The second-order valence-corrected chi connectivity index (χ2v) is 4.04. The van der Waals surface area contributed by atoms with Crippen molar-refractivity contribution in [1.29, 1.82) is 0 Å². The predicted molar refractivity (Wildman–Crippen MR) is 63.5 cm³/mol. The molecule has 1 aromatic rings. The van der Waals surface area contributed by atoms with Gasteiger partial charge in [-0.1, -0.05) is 23.2 Å². The zero-order valence-electron chi connectivity index (χ0n) is 8.15. The van der Waals surface area contributed by atoms with Gasteiger partial charge in [-0.2, -0.15) is 13.2 Å². The number of amidine groups is 1. The molecule has 0 amide bonds. The van der Waals surface area contributed by atoms with Gasteiger partial charge in [0, 0.05) is 0 Å². The molecule has 0 spiro atoms. The van der Waals surface area contributed by atoms with Crippen molar-refractivity contribution in [3.8, 4) is 0 Å². The summed E-state index contributed by atoms with van der Waals surface area (Å²) in [7, 11) is 0. The summed E-state index contributed by atoms with van der Waals surface area (Å²) < 4.78 is 38.0. The van der Waals surface area contributed by atoms with Gasteiger partial charge in [0.05, 0.1) is 27.2 Å². The number of nitrogens with zero attached hydrogens (tertiary/aromatic N) is 1. The fraction of sp³-hybridized carbons (Fsp3) is 0.222. The van der Waals surface area contributed by atoms with Crippen LogP contribution in [0, 0.1) is 0 Å². The van der Waals surface area contributed by atoms with Crippen molar-refractivity contribution in [2.75, 3.05) is 5.88 Å². The lowest BCUT2D eigenvalue weighted by Gasteiger charge is -2.12. The van der Waals surface area contributed by atoms with Crippen molar-refractivity contribution in [2.24, 2.45) is 10.7 Å². The predicted octanol–water partition coefficient (Wildman–Crippen LogP) is 4.24. The van der Waals surface area contributed by atoms with Crippen molar-refractivity contribution in [3.63, 3.8) is 0 Å². The number of alkyl halides is 4. The lowest BCUT2D eigenvalue weighted by molar-refractivity contribution is -0.137. The van der Waals surface area contributed by atoms with E-state index >= 15 is 0 Å². The van der Waals surface area contributed by atoms with E-state index in [1.54, 1.807) is 0 Å². The molecule has 8 heteroatoms. The summed E-state index contributed by atoms with van der Waals surface area (Å²) in [5.41, 5.74) is 3.75. The molecule has 0 aliphatic rings. The third-order valence-corrected chi connectivity index (χ3v) is 2.83. The van der Waals surface area contributed by atoms with E-state index < -0.39 is 17.4 Å². The molecule has 0 aliphatic carbocycles. The van der Waals surface area contributed by atoms with Gasteiger partial charge >= 0.3 is 6.18 Å². The van der Waals surface area contributed by atoms with Crippen LogP contribution in [0.4, 0.5) is 18.9 Å². The monoisotopic (exact) mass is 304 g/mol. The van der Waals surface area contributed by atoms with Gasteiger partial charge in [-0.3, -0.25) is 0 Å². The van der Waals surface area contributed by atoms with E-state index in [-0.39, 0.29) is 21.8 Å². The summed E-state index contributed by atoms with van der Waals surface area (Å²) in [6, 6.07) is 1.83. The van der Waals surface area contributed by atoms with Gasteiger partial charge in [-0.05, 0) is 12.1 Å². The van der Waals surface area contributed by atoms with Crippen LogP contribution in [0.25, 0.3) is 0 Å². The Kier molecular flexibility index (Phi) is 4.52. The van der Waals surface area contributed by atoms with E-state index in [9.17, 15) is 13.2 Å². The van der Waals surface area contributed by atoms with Gasteiger partial charge in [-0.15, -0.1) is 11.6 Å². The highest BCUT2D eigenvalue weighted by Crippen LogP contribution is 2.43. The lowest BCUT2D eigenvalue weighted by atomic mass is 10.1.